The van der Waals surface area contributed by atoms with Gasteiger partial charge in [-0.2, -0.15) is 0 Å². The first-order valence-electron chi connectivity index (χ1n) is 11.7. The van der Waals surface area contributed by atoms with Crippen LogP contribution in [0.1, 0.15) is 0 Å². The van der Waals surface area contributed by atoms with Gasteiger partial charge in [0.05, 0.1) is 26.4 Å². The second-order valence-electron chi connectivity index (χ2n) is 9.31. The van der Waals surface area contributed by atoms with E-state index in [0.717, 1.165) is 0 Å². The maximum Gasteiger partial charge on any atom is 0.187 e. The number of aliphatic hydroxyl groups excluding tert-OH is 10. The van der Waals surface area contributed by atoms with Crippen LogP contribution in [0.15, 0.2) is 0 Å². The SMILES string of the molecule is OC[C@@H]1O[C@@H](O[C@@H]2[C@@H](O)[C@H](O[C@@H]3COC(O)[C@H](O)[C@@H]3O)OC[C@H]2O)[C@H](O[C@@H]2OC[C@@H](O)[C@H](O)[C@H]2O)[C@H]1O. The molecule has 0 radical (unpaired) electrons. The van der Waals surface area contributed by atoms with Gasteiger partial charge in [-0.05, 0) is 0 Å². The lowest BCUT2D eigenvalue weighted by Gasteiger charge is -2.42. The molecule has 0 aromatic carbocycles. The van der Waals surface area contributed by atoms with Crippen molar-refractivity contribution in [2.24, 2.45) is 0 Å². The molecule has 4 heterocycles. The lowest BCUT2D eigenvalue weighted by molar-refractivity contribution is -0.346. The Hall–Kier alpha value is -0.680. The molecule has 0 spiro atoms. The van der Waals surface area contributed by atoms with Gasteiger partial charge in [0.2, 0.25) is 0 Å². The summed E-state index contributed by atoms with van der Waals surface area (Å²) >= 11 is 0. The molecule has 0 aliphatic carbocycles. The van der Waals surface area contributed by atoms with Gasteiger partial charge in [0.15, 0.2) is 25.2 Å². The Balaban J connectivity index is 1.43. The fraction of sp³-hybridized carbons (Fsp3) is 1.00. The summed E-state index contributed by atoms with van der Waals surface area (Å²) < 4.78 is 37.6. The van der Waals surface area contributed by atoms with E-state index in [0.29, 0.717) is 0 Å². The highest BCUT2D eigenvalue weighted by atomic mass is 16.8. The number of ether oxygens (including phenoxy) is 7. The first kappa shape index (κ1) is 29.3. The minimum Gasteiger partial charge on any atom is -0.394 e. The lowest BCUT2D eigenvalue weighted by atomic mass is 10.0. The predicted molar refractivity (Wildman–Crippen MR) is 110 cm³/mol. The van der Waals surface area contributed by atoms with Crippen molar-refractivity contribution in [1.82, 2.24) is 0 Å². The van der Waals surface area contributed by atoms with E-state index in [1.807, 2.05) is 0 Å². The molecule has 4 aliphatic heterocycles. The van der Waals surface area contributed by atoms with E-state index in [9.17, 15) is 51.1 Å². The van der Waals surface area contributed by atoms with Crippen molar-refractivity contribution in [2.45, 2.75) is 98.4 Å². The van der Waals surface area contributed by atoms with Crippen molar-refractivity contribution in [1.29, 1.82) is 0 Å². The molecule has 37 heavy (non-hydrogen) atoms. The average Bonchev–Trinajstić information content (AvgIpc) is 3.17. The third-order valence-electron chi connectivity index (χ3n) is 6.70. The van der Waals surface area contributed by atoms with Gasteiger partial charge in [-0.1, -0.05) is 0 Å². The standard InChI is InChI=1S/C20H34O17/c21-1-7-11(26)16(37-18-13(28)9(24)5(22)2-32-18)20(34-7)36-15-6(23)3-33-19(14(15)29)35-8-4-31-17(30)12(27)10(8)25/h5-30H,1-4H2/t5-,6-,7+,8-,9+,10-,11+,12-,13-,14-,15+,16-,17?,18+,19+,20+/m1/s1. The summed E-state index contributed by atoms with van der Waals surface area (Å²) in [5, 5.41) is 100. The minimum atomic E-state index is -1.72. The van der Waals surface area contributed by atoms with Crippen LogP contribution in [-0.2, 0) is 33.2 Å². The van der Waals surface area contributed by atoms with Gasteiger partial charge in [-0.25, -0.2) is 0 Å². The maximum atomic E-state index is 10.8. The molecule has 4 fully saturated rings. The Kier molecular flexibility index (Phi) is 9.69. The third kappa shape index (κ3) is 6.08. The monoisotopic (exact) mass is 546 g/mol. The number of rotatable bonds is 7. The third-order valence-corrected chi connectivity index (χ3v) is 6.70. The van der Waals surface area contributed by atoms with Crippen molar-refractivity contribution in [3.63, 3.8) is 0 Å². The summed E-state index contributed by atoms with van der Waals surface area (Å²) in [5.41, 5.74) is 0. The van der Waals surface area contributed by atoms with Gasteiger partial charge in [-0.3, -0.25) is 0 Å². The minimum absolute atomic E-state index is 0.351. The van der Waals surface area contributed by atoms with Crippen LogP contribution in [0.3, 0.4) is 0 Å². The predicted octanol–water partition coefficient (Wildman–Crippen LogP) is -7.19. The van der Waals surface area contributed by atoms with Crippen LogP contribution < -0.4 is 0 Å². The maximum absolute atomic E-state index is 10.8. The summed E-state index contributed by atoms with van der Waals surface area (Å²) in [5.74, 6) is 0. The number of hydrogen-bond donors (Lipinski definition) is 10. The van der Waals surface area contributed by atoms with Crippen molar-refractivity contribution in [3.8, 4) is 0 Å². The van der Waals surface area contributed by atoms with Crippen LogP contribution in [-0.4, -0.2) is 176 Å². The van der Waals surface area contributed by atoms with E-state index in [1.165, 1.54) is 0 Å². The Bertz CT molecular complexity index is 731. The molecule has 16 atom stereocenters. The Labute approximate surface area is 209 Å². The summed E-state index contributed by atoms with van der Waals surface area (Å²) in [6.45, 7) is -1.83. The van der Waals surface area contributed by atoms with Crippen LogP contribution in [0.2, 0.25) is 0 Å². The molecule has 0 aromatic rings. The van der Waals surface area contributed by atoms with E-state index in [4.69, 9.17) is 33.2 Å². The van der Waals surface area contributed by atoms with Crippen molar-refractivity contribution < 1.29 is 84.2 Å². The average molecular weight is 546 g/mol. The van der Waals surface area contributed by atoms with E-state index < -0.39 is 112 Å². The van der Waals surface area contributed by atoms with Crippen LogP contribution >= 0.6 is 0 Å². The van der Waals surface area contributed by atoms with Crippen molar-refractivity contribution in [3.05, 3.63) is 0 Å². The smallest absolute Gasteiger partial charge is 0.187 e. The first-order chi connectivity index (χ1) is 17.5. The summed E-state index contributed by atoms with van der Waals surface area (Å²) in [6, 6.07) is 0. The van der Waals surface area contributed by atoms with E-state index in [2.05, 4.69) is 0 Å². The van der Waals surface area contributed by atoms with Crippen LogP contribution in [0.4, 0.5) is 0 Å². The number of hydrogen-bond acceptors (Lipinski definition) is 17. The molecule has 0 aromatic heterocycles. The zero-order chi connectivity index (χ0) is 27.0. The normalized spacial score (nSPS) is 53.4. The van der Waals surface area contributed by atoms with Gasteiger partial charge in [0, 0.05) is 0 Å². The molecule has 4 rings (SSSR count). The summed E-state index contributed by atoms with van der Waals surface area (Å²) in [4.78, 5) is 0. The van der Waals surface area contributed by atoms with Crippen molar-refractivity contribution in [2.75, 3.05) is 26.4 Å². The Morgan fingerprint density at radius 3 is 1.84 bits per heavy atom. The van der Waals surface area contributed by atoms with Crippen LogP contribution in [0.25, 0.3) is 0 Å². The fourth-order valence-corrected chi connectivity index (χ4v) is 4.45. The fourth-order valence-electron chi connectivity index (χ4n) is 4.45. The first-order valence-corrected chi connectivity index (χ1v) is 11.7. The van der Waals surface area contributed by atoms with Crippen LogP contribution in [0.5, 0.6) is 0 Å². The number of aliphatic hydroxyl groups is 10. The molecule has 216 valence electrons. The Morgan fingerprint density at radius 1 is 0.541 bits per heavy atom. The topological polar surface area (TPSA) is 267 Å². The van der Waals surface area contributed by atoms with E-state index in [1.54, 1.807) is 0 Å². The molecule has 10 N–H and O–H groups in total. The summed E-state index contributed by atoms with van der Waals surface area (Å²) in [7, 11) is 0. The lowest BCUT2D eigenvalue weighted by Crippen LogP contribution is -2.60. The molecule has 0 amide bonds. The molecule has 17 nitrogen and oxygen atoms in total. The van der Waals surface area contributed by atoms with Gasteiger partial charge in [0.25, 0.3) is 0 Å². The zero-order valence-electron chi connectivity index (χ0n) is 19.4. The largest absolute Gasteiger partial charge is 0.394 e. The van der Waals surface area contributed by atoms with Gasteiger partial charge >= 0.3 is 0 Å². The molecular formula is C20H34O17. The highest BCUT2D eigenvalue weighted by Gasteiger charge is 2.52. The molecule has 4 aliphatic rings. The molecule has 1 unspecified atom stereocenters. The van der Waals surface area contributed by atoms with Gasteiger partial charge < -0.3 is 84.2 Å². The molecule has 17 heteroatoms. The van der Waals surface area contributed by atoms with E-state index in [-0.39, 0.29) is 13.2 Å². The zero-order valence-corrected chi connectivity index (χ0v) is 19.4. The van der Waals surface area contributed by atoms with Gasteiger partial charge in [-0.15, -0.1) is 0 Å². The summed E-state index contributed by atoms with van der Waals surface area (Å²) in [6.07, 6.45) is -24.3. The molecule has 0 bridgehead atoms. The van der Waals surface area contributed by atoms with Crippen LogP contribution in [0, 0.1) is 0 Å². The molecule has 0 saturated carbocycles. The van der Waals surface area contributed by atoms with E-state index >= 15 is 0 Å². The Morgan fingerprint density at radius 2 is 1.16 bits per heavy atom. The highest BCUT2D eigenvalue weighted by molar-refractivity contribution is 4.94. The molecule has 4 saturated heterocycles. The quantitative estimate of drug-likeness (QED) is 0.142. The highest BCUT2D eigenvalue weighted by Crippen LogP contribution is 2.32. The molecular weight excluding hydrogens is 512 g/mol. The second kappa shape index (κ2) is 12.2. The van der Waals surface area contributed by atoms with Gasteiger partial charge in [0.1, 0.15) is 73.2 Å². The van der Waals surface area contributed by atoms with Crippen molar-refractivity contribution >= 4 is 0 Å². The second-order valence-corrected chi connectivity index (χ2v) is 9.31.